The molecule has 0 bridgehead atoms. The SMILES string of the molecule is CN(Cc1ccoc1)CC(CN)c1ccccc1. The Hall–Kier alpha value is -1.58. The van der Waals surface area contributed by atoms with Gasteiger partial charge in [-0.25, -0.2) is 0 Å². The number of hydrogen-bond donors (Lipinski definition) is 1. The lowest BCUT2D eigenvalue weighted by molar-refractivity contribution is 0.304. The van der Waals surface area contributed by atoms with Gasteiger partial charge in [-0.15, -0.1) is 0 Å². The van der Waals surface area contributed by atoms with E-state index in [0.29, 0.717) is 12.5 Å². The van der Waals surface area contributed by atoms with Crippen molar-refractivity contribution in [1.29, 1.82) is 0 Å². The average Bonchev–Trinajstić information content (AvgIpc) is 2.90. The molecule has 0 amide bonds. The van der Waals surface area contributed by atoms with Crippen molar-refractivity contribution < 1.29 is 4.42 Å². The second-order valence-corrected chi connectivity index (χ2v) is 4.67. The van der Waals surface area contributed by atoms with E-state index in [1.54, 1.807) is 12.5 Å². The Bertz CT molecular complexity index is 439. The van der Waals surface area contributed by atoms with Gasteiger partial charge in [-0.05, 0) is 18.7 Å². The van der Waals surface area contributed by atoms with E-state index < -0.39 is 0 Å². The largest absolute Gasteiger partial charge is 0.472 e. The lowest BCUT2D eigenvalue weighted by Crippen LogP contribution is -2.28. The summed E-state index contributed by atoms with van der Waals surface area (Å²) in [5, 5.41) is 0. The molecule has 1 aromatic carbocycles. The second kappa shape index (κ2) is 6.38. The Labute approximate surface area is 108 Å². The highest BCUT2D eigenvalue weighted by Crippen LogP contribution is 2.16. The first-order valence-electron chi connectivity index (χ1n) is 6.24. The molecular formula is C15H20N2O. The third-order valence-corrected chi connectivity index (χ3v) is 3.12. The molecule has 3 heteroatoms. The lowest BCUT2D eigenvalue weighted by atomic mass is 9.99. The van der Waals surface area contributed by atoms with Crippen LogP contribution in [0.1, 0.15) is 17.0 Å². The van der Waals surface area contributed by atoms with Crippen molar-refractivity contribution in [2.75, 3.05) is 20.1 Å². The molecule has 0 aliphatic heterocycles. The highest BCUT2D eigenvalue weighted by molar-refractivity contribution is 5.20. The summed E-state index contributed by atoms with van der Waals surface area (Å²) >= 11 is 0. The molecule has 0 radical (unpaired) electrons. The fourth-order valence-electron chi connectivity index (χ4n) is 2.18. The molecule has 2 N–H and O–H groups in total. The summed E-state index contributed by atoms with van der Waals surface area (Å²) in [6.45, 7) is 2.51. The number of nitrogens with zero attached hydrogens (tertiary/aromatic N) is 1. The zero-order valence-electron chi connectivity index (χ0n) is 10.8. The summed E-state index contributed by atoms with van der Waals surface area (Å²) < 4.78 is 5.08. The van der Waals surface area contributed by atoms with Crippen LogP contribution in [0.15, 0.2) is 53.3 Å². The zero-order valence-corrected chi connectivity index (χ0v) is 10.8. The molecule has 1 aromatic heterocycles. The minimum absolute atomic E-state index is 0.378. The lowest BCUT2D eigenvalue weighted by Gasteiger charge is -2.23. The summed E-state index contributed by atoms with van der Waals surface area (Å²) in [6.07, 6.45) is 3.50. The number of hydrogen-bond acceptors (Lipinski definition) is 3. The molecule has 0 spiro atoms. The van der Waals surface area contributed by atoms with Crippen molar-refractivity contribution in [1.82, 2.24) is 4.90 Å². The number of nitrogens with two attached hydrogens (primary N) is 1. The van der Waals surface area contributed by atoms with Gasteiger partial charge in [0.1, 0.15) is 0 Å². The van der Waals surface area contributed by atoms with Gasteiger partial charge < -0.3 is 15.1 Å². The Morgan fingerprint density at radius 3 is 2.61 bits per heavy atom. The number of furan rings is 1. The fraction of sp³-hybridized carbons (Fsp3) is 0.333. The minimum Gasteiger partial charge on any atom is -0.472 e. The van der Waals surface area contributed by atoms with Crippen molar-refractivity contribution in [2.45, 2.75) is 12.5 Å². The topological polar surface area (TPSA) is 42.4 Å². The van der Waals surface area contributed by atoms with Gasteiger partial charge in [0.15, 0.2) is 0 Å². The highest BCUT2D eigenvalue weighted by atomic mass is 16.3. The molecule has 3 nitrogen and oxygen atoms in total. The van der Waals surface area contributed by atoms with Crippen LogP contribution in [-0.4, -0.2) is 25.0 Å². The molecule has 1 unspecified atom stereocenters. The number of likely N-dealkylation sites (N-methyl/N-ethyl adjacent to an activating group) is 1. The zero-order chi connectivity index (χ0) is 12.8. The fourth-order valence-corrected chi connectivity index (χ4v) is 2.18. The Balaban J connectivity index is 1.94. The summed E-state index contributed by atoms with van der Waals surface area (Å²) in [5.74, 6) is 0.378. The normalized spacial score (nSPS) is 12.8. The van der Waals surface area contributed by atoms with Crippen LogP contribution in [0, 0.1) is 0 Å². The highest BCUT2D eigenvalue weighted by Gasteiger charge is 2.12. The molecule has 1 atom stereocenters. The van der Waals surface area contributed by atoms with Crippen LogP contribution in [0.5, 0.6) is 0 Å². The van der Waals surface area contributed by atoms with Gasteiger partial charge in [-0.2, -0.15) is 0 Å². The van der Waals surface area contributed by atoms with Crippen LogP contribution in [0.25, 0.3) is 0 Å². The van der Waals surface area contributed by atoms with Crippen LogP contribution >= 0.6 is 0 Å². The van der Waals surface area contributed by atoms with Gasteiger partial charge in [-0.3, -0.25) is 0 Å². The van der Waals surface area contributed by atoms with Gasteiger partial charge >= 0.3 is 0 Å². The maximum absolute atomic E-state index is 5.88. The van der Waals surface area contributed by atoms with E-state index in [0.717, 1.165) is 13.1 Å². The molecule has 0 saturated heterocycles. The molecular weight excluding hydrogens is 224 g/mol. The molecule has 0 aliphatic rings. The molecule has 18 heavy (non-hydrogen) atoms. The van der Waals surface area contributed by atoms with E-state index in [-0.39, 0.29) is 0 Å². The predicted molar refractivity (Wildman–Crippen MR) is 73.3 cm³/mol. The monoisotopic (exact) mass is 244 g/mol. The minimum atomic E-state index is 0.378. The van der Waals surface area contributed by atoms with Crippen LogP contribution in [0.2, 0.25) is 0 Å². The van der Waals surface area contributed by atoms with Crippen LogP contribution in [0.4, 0.5) is 0 Å². The smallest absolute Gasteiger partial charge is 0.0947 e. The van der Waals surface area contributed by atoms with Gasteiger partial charge in [0.05, 0.1) is 12.5 Å². The third-order valence-electron chi connectivity index (χ3n) is 3.12. The summed E-state index contributed by atoms with van der Waals surface area (Å²) in [4.78, 5) is 2.27. The van der Waals surface area contributed by atoms with Gasteiger partial charge in [0.25, 0.3) is 0 Å². The molecule has 0 aliphatic carbocycles. The average molecular weight is 244 g/mol. The Morgan fingerprint density at radius 1 is 1.22 bits per heavy atom. The first-order chi connectivity index (χ1) is 8.79. The number of benzene rings is 1. The molecule has 0 saturated carbocycles. The van der Waals surface area contributed by atoms with Crippen LogP contribution < -0.4 is 5.73 Å². The molecule has 96 valence electrons. The maximum atomic E-state index is 5.88. The van der Waals surface area contributed by atoms with Crippen molar-refractivity contribution in [3.63, 3.8) is 0 Å². The van der Waals surface area contributed by atoms with Crippen LogP contribution in [-0.2, 0) is 6.54 Å². The van der Waals surface area contributed by atoms with E-state index >= 15 is 0 Å². The molecule has 2 aromatic rings. The Morgan fingerprint density at radius 2 is 2.00 bits per heavy atom. The van der Waals surface area contributed by atoms with Crippen molar-refractivity contribution >= 4 is 0 Å². The standard InChI is InChI=1S/C15H20N2O/c1-17(10-13-7-8-18-12-13)11-15(9-16)14-5-3-2-4-6-14/h2-8,12,15H,9-11,16H2,1H3. The van der Waals surface area contributed by atoms with Crippen molar-refractivity contribution in [2.24, 2.45) is 5.73 Å². The van der Waals surface area contributed by atoms with E-state index in [1.165, 1.54) is 11.1 Å². The van der Waals surface area contributed by atoms with Gasteiger partial charge in [0, 0.05) is 31.1 Å². The molecule has 1 heterocycles. The molecule has 0 fully saturated rings. The van der Waals surface area contributed by atoms with E-state index in [1.807, 2.05) is 12.1 Å². The van der Waals surface area contributed by atoms with Crippen molar-refractivity contribution in [3.05, 3.63) is 60.1 Å². The van der Waals surface area contributed by atoms with E-state index in [4.69, 9.17) is 10.2 Å². The first-order valence-corrected chi connectivity index (χ1v) is 6.24. The van der Waals surface area contributed by atoms with Crippen molar-refractivity contribution in [3.8, 4) is 0 Å². The quantitative estimate of drug-likeness (QED) is 0.848. The van der Waals surface area contributed by atoms with Crippen LogP contribution in [0.3, 0.4) is 0 Å². The van der Waals surface area contributed by atoms with Gasteiger partial charge in [-0.1, -0.05) is 30.3 Å². The predicted octanol–water partition coefficient (Wildman–Crippen LogP) is 2.45. The Kier molecular flexibility index (Phi) is 4.56. The summed E-state index contributed by atoms with van der Waals surface area (Å²) in [6, 6.07) is 12.4. The van der Waals surface area contributed by atoms with E-state index in [2.05, 4.69) is 36.2 Å². The third kappa shape index (κ3) is 3.45. The molecule has 2 rings (SSSR count). The second-order valence-electron chi connectivity index (χ2n) is 4.67. The number of rotatable bonds is 6. The van der Waals surface area contributed by atoms with Gasteiger partial charge in [0.2, 0.25) is 0 Å². The summed E-state index contributed by atoms with van der Waals surface area (Å²) in [7, 11) is 2.11. The maximum Gasteiger partial charge on any atom is 0.0947 e. The van der Waals surface area contributed by atoms with E-state index in [9.17, 15) is 0 Å². The first kappa shape index (κ1) is 12.9. The summed E-state index contributed by atoms with van der Waals surface area (Å²) in [5.41, 5.74) is 8.38.